The molecular formula is C32H55Cl. The van der Waals surface area contributed by atoms with Gasteiger partial charge in [0.25, 0.3) is 0 Å². The van der Waals surface area contributed by atoms with Crippen molar-refractivity contribution in [3.05, 3.63) is 77.4 Å². The maximum atomic E-state index is 5.81. The third-order valence-electron chi connectivity index (χ3n) is 5.70. The zero-order chi connectivity index (χ0) is 26.2. The molecule has 0 radical (unpaired) electrons. The van der Waals surface area contributed by atoms with Gasteiger partial charge in [0.15, 0.2) is 0 Å². The quantitative estimate of drug-likeness (QED) is 0.246. The molecule has 0 nitrogen and oxygen atoms in total. The van der Waals surface area contributed by atoms with Gasteiger partial charge in [-0.15, -0.1) is 6.58 Å². The van der Waals surface area contributed by atoms with E-state index < -0.39 is 0 Å². The van der Waals surface area contributed by atoms with Crippen LogP contribution in [0.4, 0.5) is 0 Å². The van der Waals surface area contributed by atoms with E-state index in [1.54, 1.807) is 6.08 Å². The Bertz CT molecular complexity index is 638. The first kappa shape index (κ1) is 36.0. The zero-order valence-corrected chi connectivity index (χ0v) is 24.5. The molecule has 0 spiro atoms. The van der Waals surface area contributed by atoms with E-state index in [4.69, 9.17) is 11.6 Å². The van der Waals surface area contributed by atoms with Gasteiger partial charge in [-0.2, -0.15) is 0 Å². The summed E-state index contributed by atoms with van der Waals surface area (Å²) in [5, 5.41) is 0.797. The molecule has 1 aromatic rings. The molecule has 1 unspecified atom stereocenters. The lowest BCUT2D eigenvalue weighted by Crippen LogP contribution is -2.00. The minimum Gasteiger partial charge on any atom is -0.100 e. The predicted octanol–water partition coefficient (Wildman–Crippen LogP) is 12.1. The minimum absolute atomic E-state index is 0.797. The Kier molecular flexibility index (Phi) is 27.4. The first-order valence-corrected chi connectivity index (χ1v) is 13.2. The molecule has 0 aliphatic rings. The van der Waals surface area contributed by atoms with Gasteiger partial charge < -0.3 is 0 Å². The average Bonchev–Trinajstić information content (AvgIpc) is 2.80. The second-order valence-electron chi connectivity index (χ2n) is 9.01. The van der Waals surface area contributed by atoms with Crippen LogP contribution in [-0.4, -0.2) is 0 Å². The molecule has 33 heavy (non-hydrogen) atoms. The van der Waals surface area contributed by atoms with Gasteiger partial charge in [-0.3, -0.25) is 0 Å². The van der Waals surface area contributed by atoms with Crippen LogP contribution >= 0.6 is 11.6 Å². The highest BCUT2D eigenvalue weighted by molar-refractivity contribution is 6.30. The Morgan fingerprint density at radius 1 is 0.909 bits per heavy atom. The Morgan fingerprint density at radius 2 is 1.39 bits per heavy atom. The maximum absolute atomic E-state index is 5.81. The van der Waals surface area contributed by atoms with Crippen molar-refractivity contribution in [3.8, 4) is 0 Å². The third-order valence-corrected chi connectivity index (χ3v) is 5.95. The number of rotatable bonds is 9. The van der Waals surface area contributed by atoms with Gasteiger partial charge >= 0.3 is 0 Å². The molecule has 1 heteroatoms. The van der Waals surface area contributed by atoms with E-state index in [1.165, 1.54) is 54.4 Å². The summed E-state index contributed by atoms with van der Waals surface area (Å²) in [5.41, 5.74) is 5.23. The second kappa shape index (κ2) is 25.1. The SMILES string of the molecule is C=C(C)C.C=C/C=C\C.CC/C(C)=C(/C)c1ccc(Cl)cc1.CCC(C)CCC(CC)CC. The van der Waals surface area contributed by atoms with Gasteiger partial charge in [0.1, 0.15) is 0 Å². The first-order valence-electron chi connectivity index (χ1n) is 12.8. The molecule has 1 aromatic carbocycles. The van der Waals surface area contributed by atoms with Crippen molar-refractivity contribution in [1.82, 2.24) is 0 Å². The standard InChI is InChI=1S/C12H15Cl.C11H24.C5H8.C4H8/c1-4-9(2)10(3)11-5-7-12(13)8-6-11;1-5-10(4)8-9-11(6-2)7-3;1-3-5-4-2;1-4(2)3/h5-8H,4H2,1-3H3;10-11H,5-9H2,1-4H3;3-5H,1H2,2H3;1H2,2-3H3/b10-9-;;5-4-;. The zero-order valence-electron chi connectivity index (χ0n) is 23.7. The molecular weight excluding hydrogens is 420 g/mol. The van der Waals surface area contributed by atoms with Crippen LogP contribution in [0.1, 0.15) is 113 Å². The van der Waals surface area contributed by atoms with Crippen molar-refractivity contribution in [2.24, 2.45) is 11.8 Å². The van der Waals surface area contributed by atoms with Gasteiger partial charge in [0.05, 0.1) is 0 Å². The Hall–Kier alpha value is -1.53. The Morgan fingerprint density at radius 3 is 1.70 bits per heavy atom. The molecule has 0 aromatic heterocycles. The number of halogens is 1. The van der Waals surface area contributed by atoms with Crippen molar-refractivity contribution < 1.29 is 0 Å². The summed E-state index contributed by atoms with van der Waals surface area (Å²) in [6, 6.07) is 8.00. The predicted molar refractivity (Wildman–Crippen MR) is 158 cm³/mol. The molecule has 0 saturated heterocycles. The van der Waals surface area contributed by atoms with E-state index in [0.29, 0.717) is 0 Å². The lowest BCUT2D eigenvalue weighted by atomic mass is 9.92. The summed E-state index contributed by atoms with van der Waals surface area (Å²) in [6.07, 6.45) is 13.6. The summed E-state index contributed by atoms with van der Waals surface area (Å²) in [5.74, 6) is 1.93. The highest BCUT2D eigenvalue weighted by Crippen LogP contribution is 2.21. The van der Waals surface area contributed by atoms with Gasteiger partial charge in [-0.1, -0.05) is 126 Å². The number of hydrogen-bond donors (Lipinski definition) is 0. The van der Waals surface area contributed by atoms with Crippen LogP contribution in [0.25, 0.3) is 5.57 Å². The van der Waals surface area contributed by atoms with Crippen LogP contribution in [0.3, 0.4) is 0 Å². The van der Waals surface area contributed by atoms with Crippen LogP contribution in [0, 0.1) is 11.8 Å². The molecule has 0 N–H and O–H groups in total. The molecule has 0 aliphatic carbocycles. The van der Waals surface area contributed by atoms with Gasteiger partial charge in [0, 0.05) is 5.02 Å². The molecule has 0 saturated carbocycles. The van der Waals surface area contributed by atoms with Crippen molar-refractivity contribution in [2.45, 2.75) is 108 Å². The van der Waals surface area contributed by atoms with E-state index in [2.05, 4.69) is 73.8 Å². The molecule has 0 aliphatic heterocycles. The molecule has 0 bridgehead atoms. The van der Waals surface area contributed by atoms with Crippen molar-refractivity contribution >= 4 is 17.2 Å². The molecule has 0 heterocycles. The monoisotopic (exact) mass is 474 g/mol. The van der Waals surface area contributed by atoms with E-state index in [0.717, 1.165) is 23.3 Å². The normalized spacial score (nSPS) is 11.8. The van der Waals surface area contributed by atoms with Gasteiger partial charge in [-0.25, -0.2) is 0 Å². The van der Waals surface area contributed by atoms with Crippen molar-refractivity contribution in [3.63, 3.8) is 0 Å². The van der Waals surface area contributed by atoms with Gasteiger partial charge in [0.2, 0.25) is 0 Å². The molecule has 1 atom stereocenters. The van der Waals surface area contributed by atoms with Crippen LogP contribution in [0.5, 0.6) is 0 Å². The molecule has 190 valence electrons. The lowest BCUT2D eigenvalue weighted by molar-refractivity contribution is 0.385. The fourth-order valence-electron chi connectivity index (χ4n) is 2.77. The largest absolute Gasteiger partial charge is 0.100 e. The summed E-state index contributed by atoms with van der Waals surface area (Å²) in [4.78, 5) is 0. The van der Waals surface area contributed by atoms with E-state index in [9.17, 15) is 0 Å². The summed E-state index contributed by atoms with van der Waals surface area (Å²) in [7, 11) is 0. The molecule has 0 fully saturated rings. The number of allylic oxidation sites excluding steroid dienone is 6. The van der Waals surface area contributed by atoms with Crippen molar-refractivity contribution in [2.75, 3.05) is 0 Å². The van der Waals surface area contributed by atoms with E-state index >= 15 is 0 Å². The molecule has 0 amide bonds. The fourth-order valence-corrected chi connectivity index (χ4v) is 2.89. The molecule has 1 rings (SSSR count). The van der Waals surface area contributed by atoms with Crippen LogP contribution in [0.2, 0.25) is 5.02 Å². The highest BCUT2D eigenvalue weighted by Gasteiger charge is 2.05. The van der Waals surface area contributed by atoms with Crippen molar-refractivity contribution in [1.29, 1.82) is 0 Å². The smallest absolute Gasteiger partial charge is 0.0406 e. The second-order valence-corrected chi connectivity index (χ2v) is 9.44. The number of benzene rings is 1. The minimum atomic E-state index is 0.797. The van der Waals surface area contributed by atoms with E-state index in [1.807, 2.05) is 45.1 Å². The summed E-state index contributed by atoms with van der Waals surface area (Å²) >= 11 is 5.81. The van der Waals surface area contributed by atoms with Crippen LogP contribution in [-0.2, 0) is 0 Å². The average molecular weight is 475 g/mol. The maximum Gasteiger partial charge on any atom is 0.0406 e. The number of hydrogen-bond acceptors (Lipinski definition) is 0. The highest BCUT2D eigenvalue weighted by atomic mass is 35.5. The first-order chi connectivity index (χ1) is 15.5. The fraction of sp³-hybridized carbons (Fsp3) is 0.562. The Labute approximate surface area is 213 Å². The topological polar surface area (TPSA) is 0 Å². The van der Waals surface area contributed by atoms with Crippen LogP contribution in [0.15, 0.2) is 66.8 Å². The third kappa shape index (κ3) is 24.9. The van der Waals surface area contributed by atoms with Crippen LogP contribution < -0.4 is 0 Å². The van der Waals surface area contributed by atoms with E-state index in [-0.39, 0.29) is 0 Å². The van der Waals surface area contributed by atoms with Gasteiger partial charge in [-0.05, 0) is 76.1 Å². The summed E-state index contributed by atoms with van der Waals surface area (Å²) in [6.45, 7) is 28.7. The summed E-state index contributed by atoms with van der Waals surface area (Å²) < 4.78 is 0. The Balaban J connectivity index is -0.000000405. The lowest BCUT2D eigenvalue weighted by Gasteiger charge is -2.14.